The molecule has 0 radical (unpaired) electrons. The molecule has 2 aliphatic heterocycles. The maximum Gasteiger partial charge on any atom is 0.401 e. The lowest BCUT2D eigenvalue weighted by molar-refractivity contribution is -0.147. The van der Waals surface area contributed by atoms with E-state index in [9.17, 15) is 18.0 Å². The molecule has 3 aliphatic rings. The van der Waals surface area contributed by atoms with E-state index in [0.717, 1.165) is 11.3 Å². The first-order valence-electron chi connectivity index (χ1n) is 11.4. The van der Waals surface area contributed by atoms with Gasteiger partial charge in [-0.1, -0.05) is 0 Å². The smallest absolute Gasteiger partial charge is 0.401 e. The number of aromatic amines is 1. The average Bonchev–Trinajstić information content (AvgIpc) is 3.20. The molecule has 1 amide bonds. The molecule has 0 saturated carbocycles. The molecule has 0 atom stereocenters. The van der Waals surface area contributed by atoms with Gasteiger partial charge in [-0.15, -0.1) is 0 Å². The van der Waals surface area contributed by atoms with Crippen molar-refractivity contribution in [3.63, 3.8) is 0 Å². The van der Waals surface area contributed by atoms with Gasteiger partial charge in [0.2, 0.25) is 11.2 Å². The first kappa shape index (κ1) is 23.2. The standard InChI is InChI=1S/C23H19ClF4N6O2/c24-22-32-13-4-6-34(9-23(26,27)28)8-12(13)20(33-22)36-21-17(25)15-10(7-30-21)1-2-11-16-14(31-18(11)15)3-5-29-19(16)35/h7,31H,1-6,8-9H2,(H,29,35). The van der Waals surface area contributed by atoms with Crippen LogP contribution in [0.3, 0.4) is 0 Å². The van der Waals surface area contributed by atoms with Gasteiger partial charge in [-0.05, 0) is 35.6 Å². The number of halogens is 5. The van der Waals surface area contributed by atoms with Crippen LogP contribution in [0.25, 0.3) is 11.3 Å². The fourth-order valence-electron chi connectivity index (χ4n) is 5.18. The lowest BCUT2D eigenvalue weighted by Gasteiger charge is -2.29. The molecule has 2 N–H and O–H groups in total. The van der Waals surface area contributed by atoms with Gasteiger partial charge in [-0.2, -0.15) is 18.2 Å². The minimum Gasteiger partial charge on any atom is -0.417 e. The van der Waals surface area contributed by atoms with Crippen molar-refractivity contribution in [2.24, 2.45) is 0 Å². The molecule has 3 aromatic rings. The maximum atomic E-state index is 15.9. The van der Waals surface area contributed by atoms with Gasteiger partial charge in [-0.3, -0.25) is 9.69 Å². The predicted molar refractivity (Wildman–Crippen MR) is 120 cm³/mol. The number of H-pyrrole nitrogens is 1. The second-order valence-electron chi connectivity index (χ2n) is 9.02. The first-order valence-corrected chi connectivity index (χ1v) is 11.8. The molecule has 0 aromatic carbocycles. The van der Waals surface area contributed by atoms with Gasteiger partial charge in [0, 0.05) is 49.9 Å². The summed E-state index contributed by atoms with van der Waals surface area (Å²) in [6, 6.07) is 0. The van der Waals surface area contributed by atoms with E-state index in [1.54, 1.807) is 0 Å². The zero-order valence-corrected chi connectivity index (χ0v) is 19.5. The van der Waals surface area contributed by atoms with Gasteiger partial charge in [0.15, 0.2) is 5.82 Å². The van der Waals surface area contributed by atoms with Crippen molar-refractivity contribution in [2.75, 3.05) is 19.6 Å². The number of fused-ring (bicyclic) bond motifs is 6. The minimum absolute atomic E-state index is 0.128. The van der Waals surface area contributed by atoms with Crippen LogP contribution in [-0.2, 0) is 32.2 Å². The average molecular weight is 523 g/mol. The molecule has 1 aliphatic carbocycles. The summed E-state index contributed by atoms with van der Waals surface area (Å²) in [6.45, 7) is -0.598. The third kappa shape index (κ3) is 3.97. The van der Waals surface area contributed by atoms with Crippen LogP contribution in [0.1, 0.15) is 38.4 Å². The molecule has 188 valence electrons. The summed E-state index contributed by atoms with van der Waals surface area (Å²) < 4.78 is 60.5. The third-order valence-electron chi connectivity index (χ3n) is 6.70. The fourth-order valence-corrected chi connectivity index (χ4v) is 5.36. The highest BCUT2D eigenvalue weighted by atomic mass is 35.5. The van der Waals surface area contributed by atoms with Crippen LogP contribution in [0.5, 0.6) is 11.8 Å². The molecule has 0 fully saturated rings. The van der Waals surface area contributed by atoms with Crippen molar-refractivity contribution in [1.82, 2.24) is 30.2 Å². The maximum absolute atomic E-state index is 15.9. The number of amides is 1. The first-order chi connectivity index (χ1) is 17.2. The molecule has 0 bridgehead atoms. The van der Waals surface area contributed by atoms with Crippen molar-refractivity contribution >= 4 is 17.5 Å². The van der Waals surface area contributed by atoms with E-state index >= 15 is 4.39 Å². The quantitative estimate of drug-likeness (QED) is 0.402. The zero-order valence-electron chi connectivity index (χ0n) is 18.7. The SMILES string of the molecule is O=C1NCCc2[nH]c3c(c21)CCc1cnc(Oc2nc(Cl)nc4c2CN(CC(F)(F)F)CC4)c(F)c1-3. The molecule has 36 heavy (non-hydrogen) atoms. The molecule has 0 saturated heterocycles. The molecule has 0 unspecified atom stereocenters. The van der Waals surface area contributed by atoms with Gasteiger partial charge in [0.05, 0.1) is 29.1 Å². The Morgan fingerprint density at radius 3 is 2.72 bits per heavy atom. The number of aromatic nitrogens is 4. The molecule has 13 heteroatoms. The van der Waals surface area contributed by atoms with E-state index in [-0.39, 0.29) is 48.0 Å². The molecule has 8 nitrogen and oxygen atoms in total. The Morgan fingerprint density at radius 1 is 1.08 bits per heavy atom. The lowest BCUT2D eigenvalue weighted by atomic mass is 9.88. The van der Waals surface area contributed by atoms with Gasteiger partial charge in [0.25, 0.3) is 11.8 Å². The number of alkyl halides is 3. The molecular weight excluding hydrogens is 504 g/mol. The molecular formula is C23H19ClF4N6O2. The Morgan fingerprint density at radius 2 is 1.92 bits per heavy atom. The molecule has 3 aromatic heterocycles. The van der Waals surface area contributed by atoms with Gasteiger partial charge in [-0.25, -0.2) is 14.4 Å². The van der Waals surface area contributed by atoms with Gasteiger partial charge < -0.3 is 15.0 Å². The molecule has 6 rings (SSSR count). The summed E-state index contributed by atoms with van der Waals surface area (Å²) in [7, 11) is 0. The van der Waals surface area contributed by atoms with Crippen LogP contribution in [-0.4, -0.2) is 56.6 Å². The summed E-state index contributed by atoms with van der Waals surface area (Å²) in [4.78, 5) is 29.1. The number of aryl methyl sites for hydroxylation is 1. The normalized spacial score (nSPS) is 17.1. The monoisotopic (exact) mass is 522 g/mol. The number of hydrogen-bond donors (Lipinski definition) is 2. The van der Waals surface area contributed by atoms with Crippen molar-refractivity contribution in [3.05, 3.63) is 50.9 Å². The highest BCUT2D eigenvalue weighted by Crippen LogP contribution is 2.41. The molecule has 5 heterocycles. The number of carbonyl (C=O) groups excluding carboxylic acids is 1. The highest BCUT2D eigenvalue weighted by molar-refractivity contribution is 6.28. The number of rotatable bonds is 3. The third-order valence-corrected chi connectivity index (χ3v) is 6.87. The van der Waals surface area contributed by atoms with E-state index in [0.29, 0.717) is 53.9 Å². The summed E-state index contributed by atoms with van der Waals surface area (Å²) >= 11 is 6.03. The Kier molecular flexibility index (Phi) is 5.41. The predicted octanol–water partition coefficient (Wildman–Crippen LogP) is 3.76. The Labute approximate surface area is 207 Å². The van der Waals surface area contributed by atoms with Crippen LogP contribution < -0.4 is 10.1 Å². The van der Waals surface area contributed by atoms with E-state index in [4.69, 9.17) is 16.3 Å². The van der Waals surface area contributed by atoms with E-state index in [2.05, 4.69) is 25.3 Å². The van der Waals surface area contributed by atoms with Crippen LogP contribution in [0, 0.1) is 5.82 Å². The second kappa shape index (κ2) is 8.41. The van der Waals surface area contributed by atoms with E-state index in [1.807, 2.05) is 0 Å². The van der Waals surface area contributed by atoms with E-state index in [1.165, 1.54) is 11.1 Å². The highest BCUT2D eigenvalue weighted by Gasteiger charge is 2.35. The van der Waals surface area contributed by atoms with Crippen molar-refractivity contribution in [1.29, 1.82) is 0 Å². The Hall–Kier alpha value is -3.25. The Balaban J connectivity index is 1.38. The lowest BCUT2D eigenvalue weighted by Crippen LogP contribution is -2.38. The van der Waals surface area contributed by atoms with E-state index < -0.39 is 18.5 Å². The minimum atomic E-state index is -4.37. The van der Waals surface area contributed by atoms with Crippen LogP contribution >= 0.6 is 11.6 Å². The largest absolute Gasteiger partial charge is 0.417 e. The van der Waals surface area contributed by atoms with Crippen LogP contribution in [0.2, 0.25) is 5.28 Å². The number of nitrogens with zero attached hydrogens (tertiary/aromatic N) is 4. The Bertz CT molecular complexity index is 1410. The number of pyridine rings is 1. The van der Waals surface area contributed by atoms with Crippen LogP contribution in [0.4, 0.5) is 17.6 Å². The summed E-state index contributed by atoms with van der Waals surface area (Å²) in [5, 5.41) is 2.66. The fraction of sp³-hybridized carbons (Fsp3) is 0.391. The number of nitrogens with one attached hydrogen (secondary N) is 2. The van der Waals surface area contributed by atoms with Crippen molar-refractivity contribution in [3.8, 4) is 23.0 Å². The van der Waals surface area contributed by atoms with Crippen molar-refractivity contribution in [2.45, 2.75) is 38.4 Å². The topological polar surface area (TPSA) is 96.0 Å². The van der Waals surface area contributed by atoms with Gasteiger partial charge >= 0.3 is 6.18 Å². The summed E-state index contributed by atoms with van der Waals surface area (Å²) in [6.07, 6.45) is -0.995. The van der Waals surface area contributed by atoms with Crippen LogP contribution in [0.15, 0.2) is 6.20 Å². The molecule has 0 spiro atoms. The summed E-state index contributed by atoms with van der Waals surface area (Å²) in [5.74, 6) is -1.46. The number of carbonyl (C=O) groups is 1. The zero-order chi connectivity index (χ0) is 25.2. The van der Waals surface area contributed by atoms with Crippen molar-refractivity contribution < 1.29 is 27.1 Å². The second-order valence-corrected chi connectivity index (χ2v) is 9.35. The summed E-state index contributed by atoms with van der Waals surface area (Å²) in [5.41, 5.74) is 4.26. The number of hydrogen-bond acceptors (Lipinski definition) is 6. The number of ether oxygens (including phenoxy) is 1. The van der Waals surface area contributed by atoms with Gasteiger partial charge in [0.1, 0.15) is 0 Å².